The van der Waals surface area contributed by atoms with Crippen LogP contribution in [0.1, 0.15) is 0 Å². The average molecular weight is 196 g/mol. The first-order chi connectivity index (χ1) is 1.73. The molecule has 0 fully saturated rings. The SMILES string of the molecule is O=[N+]([O-])O.[Cs+]. The van der Waals surface area contributed by atoms with Crippen LogP contribution in [0.25, 0.3) is 0 Å². The summed E-state index contributed by atoms with van der Waals surface area (Å²) < 4.78 is 0. The van der Waals surface area contributed by atoms with Crippen molar-refractivity contribution in [2.75, 3.05) is 0 Å². The molecule has 0 atom stereocenters. The molecular weight excluding hydrogens is 195 g/mol. The van der Waals surface area contributed by atoms with Gasteiger partial charge in [-0.25, -0.2) is 0 Å². The van der Waals surface area contributed by atoms with Crippen molar-refractivity contribution in [3.05, 3.63) is 10.1 Å². The van der Waals surface area contributed by atoms with Crippen LogP contribution in [0.2, 0.25) is 0 Å². The molecule has 0 radical (unpaired) electrons. The summed E-state index contributed by atoms with van der Waals surface area (Å²) in [5.74, 6) is 0. The van der Waals surface area contributed by atoms with E-state index in [2.05, 4.69) is 0 Å². The Hall–Kier alpha value is 1.25. The van der Waals surface area contributed by atoms with E-state index in [0.717, 1.165) is 0 Å². The first-order valence-corrected chi connectivity index (χ1v) is 0.565. The fourth-order valence-corrected chi connectivity index (χ4v) is 0. The first-order valence-electron chi connectivity index (χ1n) is 0.565. The molecule has 5 heavy (non-hydrogen) atoms. The maximum absolute atomic E-state index is 8.36. The Labute approximate surface area is 87.1 Å². The van der Waals surface area contributed by atoms with Gasteiger partial charge < -0.3 is 5.21 Å². The molecule has 0 aliphatic carbocycles. The molecule has 0 spiro atoms. The van der Waals surface area contributed by atoms with E-state index in [1.807, 2.05) is 0 Å². The van der Waals surface area contributed by atoms with E-state index in [1.54, 1.807) is 0 Å². The van der Waals surface area contributed by atoms with Crippen LogP contribution in [0.15, 0.2) is 0 Å². The molecule has 0 aliphatic rings. The van der Waals surface area contributed by atoms with Gasteiger partial charge in [0.15, 0.2) is 0 Å². The van der Waals surface area contributed by atoms with Crippen LogP contribution >= 0.6 is 0 Å². The molecule has 0 saturated carbocycles. The van der Waals surface area contributed by atoms with E-state index in [9.17, 15) is 0 Å². The van der Waals surface area contributed by atoms with Crippen LogP contribution in [0.5, 0.6) is 0 Å². The predicted octanol–water partition coefficient (Wildman–Crippen LogP) is -3.34. The van der Waals surface area contributed by atoms with Crippen molar-refractivity contribution >= 4 is 0 Å². The van der Waals surface area contributed by atoms with Crippen LogP contribution < -0.4 is 68.9 Å². The molecular formula is HCsNO3+. The van der Waals surface area contributed by atoms with Gasteiger partial charge in [-0.15, -0.1) is 10.1 Å². The smallest absolute Gasteiger partial charge is 0.328 e. The molecule has 0 aromatic carbocycles. The van der Waals surface area contributed by atoms with E-state index in [-0.39, 0.29) is 68.9 Å². The normalized spacial score (nSPS) is 4.80. The second-order valence-electron chi connectivity index (χ2n) is 0.238. The molecule has 0 aliphatic heterocycles. The first kappa shape index (κ1) is 9.54. The summed E-state index contributed by atoms with van der Waals surface area (Å²) in [7, 11) is 0. The van der Waals surface area contributed by atoms with Gasteiger partial charge in [-0.3, -0.25) is 0 Å². The Bertz CT molecular complexity index is 29.9. The Kier molecular flexibility index (Phi) is 10.0. The zero-order valence-corrected chi connectivity index (χ0v) is 8.99. The van der Waals surface area contributed by atoms with Crippen LogP contribution in [0.3, 0.4) is 0 Å². The van der Waals surface area contributed by atoms with Crippen molar-refractivity contribution in [3.8, 4) is 0 Å². The summed E-state index contributed by atoms with van der Waals surface area (Å²) in [6.07, 6.45) is 0. The van der Waals surface area contributed by atoms with Crippen molar-refractivity contribution in [1.82, 2.24) is 0 Å². The fraction of sp³-hybridized carbons (Fsp3) is 0. The van der Waals surface area contributed by atoms with Crippen molar-refractivity contribution in [2.24, 2.45) is 0 Å². The number of rotatable bonds is 0. The standard InChI is InChI=1S/Cs.HNO3/c;2-1(3)4/h;(H,2,3,4)/q+1;. The van der Waals surface area contributed by atoms with Gasteiger partial charge in [-0.1, -0.05) is 0 Å². The average Bonchev–Trinajstić information content (AvgIpc) is 0.811. The van der Waals surface area contributed by atoms with Gasteiger partial charge in [0.2, 0.25) is 0 Å². The van der Waals surface area contributed by atoms with Crippen molar-refractivity contribution in [2.45, 2.75) is 0 Å². The van der Waals surface area contributed by atoms with E-state index in [0.29, 0.717) is 0 Å². The molecule has 4 nitrogen and oxygen atoms in total. The molecule has 0 unspecified atom stereocenters. The predicted molar refractivity (Wildman–Crippen MR) is 8.78 cm³/mol. The molecule has 0 saturated heterocycles. The second-order valence-corrected chi connectivity index (χ2v) is 0.238. The summed E-state index contributed by atoms with van der Waals surface area (Å²) in [5, 5.41) is 13.6. The molecule has 24 valence electrons. The van der Waals surface area contributed by atoms with Gasteiger partial charge in [0, 0.05) is 0 Å². The van der Waals surface area contributed by atoms with Crippen LogP contribution in [0, 0.1) is 10.1 Å². The van der Waals surface area contributed by atoms with Gasteiger partial charge in [-0.2, -0.15) is 0 Å². The minimum Gasteiger partial charge on any atom is -0.328 e. The van der Waals surface area contributed by atoms with E-state index < -0.39 is 5.09 Å². The van der Waals surface area contributed by atoms with Gasteiger partial charge in [-0.05, 0) is 0 Å². The number of hydrogen-bond donors (Lipinski definition) is 1. The number of hydrogen-bond acceptors (Lipinski definition) is 2. The van der Waals surface area contributed by atoms with Crippen LogP contribution in [-0.2, 0) is 0 Å². The van der Waals surface area contributed by atoms with E-state index in [1.165, 1.54) is 0 Å². The van der Waals surface area contributed by atoms with Gasteiger partial charge in [0.25, 0.3) is 5.09 Å². The summed E-state index contributed by atoms with van der Waals surface area (Å²) in [6.45, 7) is 0. The summed E-state index contributed by atoms with van der Waals surface area (Å²) in [6, 6.07) is 0. The quantitative estimate of drug-likeness (QED) is 0.325. The minimum absolute atomic E-state index is 0. The molecule has 5 heteroatoms. The molecule has 1 N–H and O–H groups in total. The zero-order chi connectivity index (χ0) is 3.58. The molecule has 0 heterocycles. The number of nitrogens with zero attached hydrogens (tertiary/aromatic N) is 1. The van der Waals surface area contributed by atoms with Crippen molar-refractivity contribution in [1.29, 1.82) is 0 Å². The summed E-state index contributed by atoms with van der Waals surface area (Å²) >= 11 is 0. The third-order valence-electron chi connectivity index (χ3n) is 0. The largest absolute Gasteiger partial charge is 1.00 e. The molecule has 0 aromatic rings. The van der Waals surface area contributed by atoms with Gasteiger partial charge >= 0.3 is 68.9 Å². The molecule has 0 amide bonds. The summed E-state index contributed by atoms with van der Waals surface area (Å²) in [5.41, 5.74) is 0. The maximum atomic E-state index is 8.36. The van der Waals surface area contributed by atoms with Crippen LogP contribution in [-0.4, -0.2) is 10.3 Å². The van der Waals surface area contributed by atoms with Gasteiger partial charge in [0.05, 0.1) is 0 Å². The Balaban J connectivity index is 0. The summed E-state index contributed by atoms with van der Waals surface area (Å²) in [4.78, 5) is 8.36. The van der Waals surface area contributed by atoms with Crippen LogP contribution in [0.4, 0.5) is 0 Å². The maximum Gasteiger partial charge on any atom is 1.00 e. The van der Waals surface area contributed by atoms with Crippen molar-refractivity contribution < 1.29 is 79.2 Å². The Morgan fingerprint density at radius 2 is 1.80 bits per heavy atom. The van der Waals surface area contributed by atoms with E-state index in [4.69, 9.17) is 15.3 Å². The Morgan fingerprint density at radius 3 is 1.80 bits per heavy atom. The third kappa shape index (κ3) is 35.4. The van der Waals surface area contributed by atoms with E-state index >= 15 is 0 Å². The molecule has 0 aromatic heterocycles. The Morgan fingerprint density at radius 1 is 1.80 bits per heavy atom. The zero-order valence-electron chi connectivity index (χ0n) is 2.71. The third-order valence-corrected chi connectivity index (χ3v) is 0. The van der Waals surface area contributed by atoms with Crippen molar-refractivity contribution in [3.63, 3.8) is 0 Å². The van der Waals surface area contributed by atoms with Gasteiger partial charge in [0.1, 0.15) is 0 Å². The fourth-order valence-electron chi connectivity index (χ4n) is 0. The molecule has 0 rings (SSSR count). The monoisotopic (exact) mass is 196 g/mol. The second kappa shape index (κ2) is 5.25. The molecule has 0 bridgehead atoms. The topological polar surface area (TPSA) is 63.4 Å². The minimum atomic E-state index is -1.50.